The molecule has 0 amide bonds. The molecular weight excluding hydrogens is 214 g/mol. The van der Waals surface area contributed by atoms with Gasteiger partial charge in [-0.25, -0.2) is 15.8 Å². The van der Waals surface area contributed by atoms with Crippen molar-refractivity contribution in [2.45, 2.75) is 51.5 Å². The first-order chi connectivity index (χ1) is 8.31. The number of nitrogens with two attached hydrogens (primary N) is 1. The zero-order valence-corrected chi connectivity index (χ0v) is 10.4. The third kappa shape index (κ3) is 3.30. The van der Waals surface area contributed by atoms with Crippen LogP contribution in [0.15, 0.2) is 6.07 Å². The SMILES string of the molecule is CCCc1nc(NN)cc(NC2CCCC2)n1. The van der Waals surface area contributed by atoms with E-state index in [-0.39, 0.29) is 0 Å². The molecule has 0 atom stereocenters. The van der Waals surface area contributed by atoms with Gasteiger partial charge in [-0.3, -0.25) is 0 Å². The Morgan fingerprint density at radius 1 is 1.29 bits per heavy atom. The zero-order valence-electron chi connectivity index (χ0n) is 10.4. The molecular formula is C12H21N5. The molecule has 1 aromatic heterocycles. The summed E-state index contributed by atoms with van der Waals surface area (Å²) in [6.07, 6.45) is 7.02. The molecule has 0 unspecified atom stereocenters. The molecule has 1 aliphatic carbocycles. The number of aryl methyl sites for hydroxylation is 1. The van der Waals surface area contributed by atoms with Gasteiger partial charge in [-0.1, -0.05) is 19.8 Å². The smallest absolute Gasteiger partial charge is 0.145 e. The maximum Gasteiger partial charge on any atom is 0.145 e. The predicted molar refractivity (Wildman–Crippen MR) is 69.7 cm³/mol. The molecule has 1 aliphatic rings. The molecule has 5 nitrogen and oxygen atoms in total. The van der Waals surface area contributed by atoms with Gasteiger partial charge in [0.15, 0.2) is 0 Å². The van der Waals surface area contributed by atoms with Crippen LogP contribution in [0.4, 0.5) is 11.6 Å². The maximum atomic E-state index is 5.42. The summed E-state index contributed by atoms with van der Waals surface area (Å²) in [4.78, 5) is 8.85. The molecule has 4 N–H and O–H groups in total. The van der Waals surface area contributed by atoms with Crippen LogP contribution in [-0.2, 0) is 6.42 Å². The molecule has 1 fully saturated rings. The van der Waals surface area contributed by atoms with Gasteiger partial charge in [-0.05, 0) is 19.3 Å². The van der Waals surface area contributed by atoms with Gasteiger partial charge in [0.1, 0.15) is 17.5 Å². The summed E-state index contributed by atoms with van der Waals surface area (Å²) in [5.41, 5.74) is 2.60. The Bertz CT molecular complexity index is 360. The van der Waals surface area contributed by atoms with E-state index in [0.29, 0.717) is 11.9 Å². The molecule has 0 saturated heterocycles. The number of hydrogen-bond donors (Lipinski definition) is 3. The zero-order chi connectivity index (χ0) is 12.1. The quantitative estimate of drug-likeness (QED) is 0.538. The predicted octanol–water partition coefficient (Wildman–Crippen LogP) is 2.07. The van der Waals surface area contributed by atoms with Crippen LogP contribution in [0.5, 0.6) is 0 Å². The fraction of sp³-hybridized carbons (Fsp3) is 0.667. The number of nitrogen functional groups attached to an aromatic ring is 1. The van der Waals surface area contributed by atoms with Crippen molar-refractivity contribution < 1.29 is 0 Å². The highest BCUT2D eigenvalue weighted by Crippen LogP contribution is 2.22. The van der Waals surface area contributed by atoms with Crippen molar-refractivity contribution in [2.75, 3.05) is 10.7 Å². The second-order valence-corrected chi connectivity index (χ2v) is 4.57. The van der Waals surface area contributed by atoms with E-state index in [9.17, 15) is 0 Å². The van der Waals surface area contributed by atoms with Gasteiger partial charge in [-0.2, -0.15) is 0 Å². The Kier molecular flexibility index (Phi) is 4.14. The lowest BCUT2D eigenvalue weighted by Crippen LogP contribution is -2.18. The number of aromatic nitrogens is 2. The number of nitrogens with zero attached hydrogens (tertiary/aromatic N) is 2. The second kappa shape index (κ2) is 5.82. The molecule has 0 radical (unpaired) electrons. The molecule has 17 heavy (non-hydrogen) atoms. The van der Waals surface area contributed by atoms with Gasteiger partial charge in [0, 0.05) is 18.5 Å². The highest BCUT2D eigenvalue weighted by Gasteiger charge is 2.15. The normalized spacial score (nSPS) is 16.1. The van der Waals surface area contributed by atoms with E-state index < -0.39 is 0 Å². The van der Waals surface area contributed by atoms with Gasteiger partial charge in [0.2, 0.25) is 0 Å². The minimum atomic E-state index is 0.560. The topological polar surface area (TPSA) is 75.9 Å². The summed E-state index contributed by atoms with van der Waals surface area (Å²) < 4.78 is 0. The fourth-order valence-corrected chi connectivity index (χ4v) is 2.26. The Balaban J connectivity index is 2.10. The average molecular weight is 235 g/mol. The first kappa shape index (κ1) is 12.1. The van der Waals surface area contributed by atoms with Crippen molar-refractivity contribution >= 4 is 11.6 Å². The van der Waals surface area contributed by atoms with E-state index in [1.807, 2.05) is 6.07 Å². The van der Waals surface area contributed by atoms with Gasteiger partial charge in [-0.15, -0.1) is 0 Å². The molecule has 0 spiro atoms. The van der Waals surface area contributed by atoms with Crippen molar-refractivity contribution in [3.8, 4) is 0 Å². The fourth-order valence-electron chi connectivity index (χ4n) is 2.26. The van der Waals surface area contributed by atoms with E-state index in [1.54, 1.807) is 0 Å². The molecule has 1 saturated carbocycles. The van der Waals surface area contributed by atoms with Crippen molar-refractivity contribution in [3.05, 3.63) is 11.9 Å². The monoisotopic (exact) mass is 235 g/mol. The molecule has 94 valence electrons. The van der Waals surface area contributed by atoms with Gasteiger partial charge < -0.3 is 10.7 Å². The Morgan fingerprint density at radius 2 is 2.00 bits per heavy atom. The summed E-state index contributed by atoms with van der Waals surface area (Å²) >= 11 is 0. The molecule has 1 heterocycles. The third-order valence-corrected chi connectivity index (χ3v) is 3.10. The summed E-state index contributed by atoms with van der Waals surface area (Å²) in [6, 6.07) is 2.43. The van der Waals surface area contributed by atoms with E-state index in [0.717, 1.165) is 24.5 Å². The standard InChI is InChI=1S/C12H21N5/c1-2-5-10-15-11(8-12(16-10)17-13)14-9-6-3-4-7-9/h8-9H,2-7,13H2,1H3,(H2,14,15,16,17). The third-order valence-electron chi connectivity index (χ3n) is 3.10. The number of rotatable bonds is 5. The minimum Gasteiger partial charge on any atom is -0.367 e. The number of hydrogen-bond acceptors (Lipinski definition) is 5. The first-order valence-corrected chi connectivity index (χ1v) is 6.43. The maximum absolute atomic E-state index is 5.42. The average Bonchev–Trinajstić information content (AvgIpc) is 2.82. The Labute approximate surface area is 102 Å². The molecule has 0 aliphatic heterocycles. The Hall–Kier alpha value is -1.36. The van der Waals surface area contributed by atoms with Crippen LogP contribution in [0.25, 0.3) is 0 Å². The van der Waals surface area contributed by atoms with Crippen LogP contribution < -0.4 is 16.6 Å². The summed E-state index contributed by atoms with van der Waals surface area (Å²) in [5.74, 6) is 7.85. The van der Waals surface area contributed by atoms with Crippen molar-refractivity contribution in [3.63, 3.8) is 0 Å². The van der Waals surface area contributed by atoms with Gasteiger partial charge in [0.05, 0.1) is 0 Å². The highest BCUT2D eigenvalue weighted by molar-refractivity contribution is 5.47. The lowest BCUT2D eigenvalue weighted by atomic mass is 10.2. The highest BCUT2D eigenvalue weighted by atomic mass is 15.3. The van der Waals surface area contributed by atoms with Crippen molar-refractivity contribution in [1.29, 1.82) is 0 Å². The minimum absolute atomic E-state index is 0.560. The first-order valence-electron chi connectivity index (χ1n) is 6.43. The molecule has 2 rings (SSSR count). The van der Waals surface area contributed by atoms with E-state index >= 15 is 0 Å². The largest absolute Gasteiger partial charge is 0.367 e. The summed E-state index contributed by atoms with van der Waals surface area (Å²) in [6.45, 7) is 2.12. The molecule has 1 aromatic rings. The van der Waals surface area contributed by atoms with E-state index in [1.165, 1.54) is 25.7 Å². The van der Waals surface area contributed by atoms with E-state index in [4.69, 9.17) is 5.84 Å². The lowest BCUT2D eigenvalue weighted by molar-refractivity contribution is 0.744. The van der Waals surface area contributed by atoms with Gasteiger partial charge >= 0.3 is 0 Å². The number of anilines is 2. The van der Waals surface area contributed by atoms with Crippen LogP contribution in [0, 0.1) is 0 Å². The molecule has 0 aromatic carbocycles. The summed E-state index contributed by atoms with van der Waals surface area (Å²) in [5, 5.41) is 3.47. The van der Waals surface area contributed by atoms with Gasteiger partial charge in [0.25, 0.3) is 0 Å². The van der Waals surface area contributed by atoms with E-state index in [2.05, 4.69) is 27.6 Å². The number of nitrogens with one attached hydrogen (secondary N) is 2. The van der Waals surface area contributed by atoms with Crippen molar-refractivity contribution in [2.24, 2.45) is 5.84 Å². The number of hydrazine groups is 1. The van der Waals surface area contributed by atoms with Crippen LogP contribution in [0.2, 0.25) is 0 Å². The summed E-state index contributed by atoms with van der Waals surface area (Å²) in [7, 11) is 0. The second-order valence-electron chi connectivity index (χ2n) is 4.57. The lowest BCUT2D eigenvalue weighted by Gasteiger charge is -2.14. The van der Waals surface area contributed by atoms with Crippen LogP contribution in [0.3, 0.4) is 0 Å². The molecule has 5 heteroatoms. The van der Waals surface area contributed by atoms with Crippen LogP contribution in [0.1, 0.15) is 44.9 Å². The van der Waals surface area contributed by atoms with Crippen LogP contribution in [-0.4, -0.2) is 16.0 Å². The molecule has 0 bridgehead atoms. The Morgan fingerprint density at radius 3 is 2.65 bits per heavy atom. The van der Waals surface area contributed by atoms with Crippen molar-refractivity contribution in [1.82, 2.24) is 9.97 Å². The van der Waals surface area contributed by atoms with Crippen LogP contribution >= 0.6 is 0 Å².